The average molecular weight is 314 g/mol. The molecule has 0 spiro atoms. The van der Waals surface area contributed by atoms with Gasteiger partial charge in [0.25, 0.3) is 0 Å². The van der Waals surface area contributed by atoms with E-state index >= 15 is 0 Å². The predicted molar refractivity (Wildman–Crippen MR) is 84.9 cm³/mol. The van der Waals surface area contributed by atoms with Crippen molar-refractivity contribution in [3.63, 3.8) is 0 Å². The molecule has 1 aromatic carbocycles. The van der Waals surface area contributed by atoms with Gasteiger partial charge in [0, 0.05) is 26.3 Å². The Hall–Kier alpha value is -0.950. The van der Waals surface area contributed by atoms with Crippen LogP contribution < -0.4 is 10.0 Å². The van der Waals surface area contributed by atoms with Crippen molar-refractivity contribution >= 4 is 10.0 Å². The fraction of sp³-hybridized carbons (Fsp3) is 0.600. The molecule has 0 unspecified atom stereocenters. The van der Waals surface area contributed by atoms with Crippen molar-refractivity contribution in [3.8, 4) is 0 Å². The van der Waals surface area contributed by atoms with E-state index in [9.17, 15) is 8.42 Å². The quantitative estimate of drug-likeness (QED) is 0.645. The maximum Gasteiger partial charge on any atom is 0.240 e. The van der Waals surface area contributed by atoms with E-state index in [1.54, 1.807) is 6.07 Å². The van der Waals surface area contributed by atoms with Gasteiger partial charge in [0.05, 0.1) is 4.90 Å². The molecule has 0 aliphatic carbocycles. The summed E-state index contributed by atoms with van der Waals surface area (Å²) in [6.45, 7) is 6.14. The van der Waals surface area contributed by atoms with E-state index in [-0.39, 0.29) is 0 Å². The zero-order valence-electron chi connectivity index (χ0n) is 13.1. The molecule has 120 valence electrons. The van der Waals surface area contributed by atoms with Crippen LogP contribution in [0.3, 0.4) is 0 Å². The Balaban J connectivity index is 2.82. The van der Waals surface area contributed by atoms with Gasteiger partial charge in [-0.3, -0.25) is 0 Å². The maximum absolute atomic E-state index is 12.4. The molecule has 0 fully saturated rings. The molecule has 0 atom stereocenters. The van der Waals surface area contributed by atoms with Crippen molar-refractivity contribution in [2.24, 2.45) is 0 Å². The molecule has 0 bridgehead atoms. The molecule has 0 saturated heterocycles. The Morgan fingerprint density at radius 1 is 1.24 bits per heavy atom. The number of sulfonamides is 1. The highest BCUT2D eigenvalue weighted by atomic mass is 32.2. The number of nitrogens with one attached hydrogen (secondary N) is 2. The van der Waals surface area contributed by atoms with Gasteiger partial charge in [0.2, 0.25) is 10.0 Å². The van der Waals surface area contributed by atoms with Crippen LogP contribution in [0.2, 0.25) is 0 Å². The van der Waals surface area contributed by atoms with Crippen molar-refractivity contribution in [1.29, 1.82) is 0 Å². The lowest BCUT2D eigenvalue weighted by Crippen LogP contribution is -2.26. The normalized spacial score (nSPS) is 11.8. The lowest BCUT2D eigenvalue weighted by atomic mass is 10.1. The first-order valence-electron chi connectivity index (χ1n) is 7.39. The van der Waals surface area contributed by atoms with Crippen molar-refractivity contribution in [2.75, 3.05) is 26.8 Å². The van der Waals surface area contributed by atoms with E-state index in [0.717, 1.165) is 11.1 Å². The van der Waals surface area contributed by atoms with E-state index in [2.05, 4.69) is 10.0 Å². The minimum Gasteiger partial charge on any atom is -0.382 e. The summed E-state index contributed by atoms with van der Waals surface area (Å²) in [7, 11) is -1.62. The number of ether oxygens (including phenoxy) is 1. The Labute approximate surface area is 128 Å². The minimum atomic E-state index is -3.46. The lowest BCUT2D eigenvalue weighted by molar-refractivity contribution is 0.146. The Bertz CT molecular complexity index is 530. The van der Waals surface area contributed by atoms with Crippen LogP contribution in [0.25, 0.3) is 0 Å². The molecule has 0 radical (unpaired) electrons. The molecule has 1 aromatic rings. The summed E-state index contributed by atoms with van der Waals surface area (Å²) in [4.78, 5) is 0.383. The molecule has 2 N–H and O–H groups in total. The molecule has 0 heterocycles. The predicted octanol–water partition coefficient (Wildman–Crippen LogP) is 1.67. The first kappa shape index (κ1) is 18.1. The zero-order chi connectivity index (χ0) is 15.7. The fourth-order valence-corrected chi connectivity index (χ4v) is 3.49. The molecule has 0 aliphatic rings. The first-order chi connectivity index (χ1) is 10.0. The number of hydrogen-bond donors (Lipinski definition) is 2. The second-order valence-corrected chi connectivity index (χ2v) is 6.51. The molecular formula is C15H26N2O3S. The van der Waals surface area contributed by atoms with Crippen LogP contribution in [-0.4, -0.2) is 35.2 Å². The van der Waals surface area contributed by atoms with Gasteiger partial charge in [0.15, 0.2) is 0 Å². The van der Waals surface area contributed by atoms with E-state index < -0.39 is 10.0 Å². The van der Waals surface area contributed by atoms with Crippen LogP contribution in [0, 0.1) is 0 Å². The number of aryl methyl sites for hydroxylation is 1. The molecule has 5 nitrogen and oxygen atoms in total. The van der Waals surface area contributed by atoms with Gasteiger partial charge in [0.1, 0.15) is 0 Å². The van der Waals surface area contributed by atoms with Gasteiger partial charge in [-0.05, 0) is 44.0 Å². The maximum atomic E-state index is 12.4. The largest absolute Gasteiger partial charge is 0.382 e. The monoisotopic (exact) mass is 314 g/mol. The van der Waals surface area contributed by atoms with Crippen molar-refractivity contribution in [1.82, 2.24) is 10.0 Å². The Morgan fingerprint density at radius 2 is 2.00 bits per heavy atom. The van der Waals surface area contributed by atoms with Crippen molar-refractivity contribution in [3.05, 3.63) is 29.3 Å². The summed E-state index contributed by atoms with van der Waals surface area (Å²) in [6.07, 6.45) is 1.36. The van der Waals surface area contributed by atoms with E-state index in [1.165, 1.54) is 0 Å². The third-order valence-corrected chi connectivity index (χ3v) is 4.69. The van der Waals surface area contributed by atoms with Gasteiger partial charge in [-0.25, -0.2) is 13.1 Å². The summed E-state index contributed by atoms with van der Waals surface area (Å²) in [6, 6.07) is 5.60. The highest BCUT2D eigenvalue weighted by molar-refractivity contribution is 7.89. The van der Waals surface area contributed by atoms with Crippen LogP contribution in [0.15, 0.2) is 23.1 Å². The smallest absolute Gasteiger partial charge is 0.240 e. The zero-order valence-corrected chi connectivity index (χ0v) is 13.9. The molecule has 0 amide bonds. The van der Waals surface area contributed by atoms with Gasteiger partial charge in [-0.15, -0.1) is 0 Å². The molecule has 1 rings (SSSR count). The van der Waals surface area contributed by atoms with Crippen LogP contribution >= 0.6 is 0 Å². The minimum absolute atomic E-state index is 0.383. The summed E-state index contributed by atoms with van der Waals surface area (Å²) in [5.41, 5.74) is 1.80. The van der Waals surface area contributed by atoms with Crippen LogP contribution in [0.1, 0.15) is 31.4 Å². The van der Waals surface area contributed by atoms with Crippen LogP contribution in [0.4, 0.5) is 0 Å². The third-order valence-electron chi connectivity index (χ3n) is 3.14. The second kappa shape index (κ2) is 9.15. The van der Waals surface area contributed by atoms with Gasteiger partial charge in [-0.1, -0.05) is 19.1 Å². The number of benzene rings is 1. The van der Waals surface area contributed by atoms with E-state index in [1.807, 2.05) is 33.0 Å². The molecular weight excluding hydrogens is 288 g/mol. The average Bonchev–Trinajstić information content (AvgIpc) is 2.47. The third kappa shape index (κ3) is 5.74. The van der Waals surface area contributed by atoms with Crippen LogP contribution in [-0.2, 0) is 27.7 Å². The summed E-state index contributed by atoms with van der Waals surface area (Å²) in [5, 5.41) is 3.03. The molecule has 0 aromatic heterocycles. The first-order valence-corrected chi connectivity index (χ1v) is 8.87. The SMILES string of the molecule is CCOCCCNS(=O)(=O)c1cc(CNC)ccc1CC. The second-order valence-electron chi connectivity index (χ2n) is 4.77. The van der Waals surface area contributed by atoms with Crippen LogP contribution in [0.5, 0.6) is 0 Å². The standard InChI is InChI=1S/C15H26N2O3S/c1-4-14-8-7-13(12-16-3)11-15(14)21(18,19)17-9-6-10-20-5-2/h7-8,11,16-17H,4-6,9-10,12H2,1-3H3. The van der Waals surface area contributed by atoms with Gasteiger partial charge in [-0.2, -0.15) is 0 Å². The number of hydrogen-bond acceptors (Lipinski definition) is 4. The van der Waals surface area contributed by atoms with E-state index in [4.69, 9.17) is 4.74 Å². The van der Waals surface area contributed by atoms with E-state index in [0.29, 0.717) is 44.0 Å². The molecule has 0 aliphatic heterocycles. The Kier molecular flexibility index (Phi) is 7.88. The highest BCUT2D eigenvalue weighted by Crippen LogP contribution is 2.18. The lowest BCUT2D eigenvalue weighted by Gasteiger charge is -2.12. The topological polar surface area (TPSA) is 67.4 Å². The fourth-order valence-electron chi connectivity index (χ4n) is 2.06. The van der Waals surface area contributed by atoms with Gasteiger partial charge < -0.3 is 10.1 Å². The highest BCUT2D eigenvalue weighted by Gasteiger charge is 2.17. The molecule has 21 heavy (non-hydrogen) atoms. The summed E-state index contributed by atoms with van der Waals surface area (Å²) < 4.78 is 32.7. The number of rotatable bonds is 10. The Morgan fingerprint density at radius 3 is 2.62 bits per heavy atom. The van der Waals surface area contributed by atoms with Crippen molar-refractivity contribution in [2.45, 2.75) is 38.1 Å². The summed E-state index contributed by atoms with van der Waals surface area (Å²) in [5.74, 6) is 0. The molecule has 6 heteroatoms. The molecule has 0 saturated carbocycles. The summed E-state index contributed by atoms with van der Waals surface area (Å²) >= 11 is 0. The van der Waals surface area contributed by atoms with Crippen molar-refractivity contribution < 1.29 is 13.2 Å². The van der Waals surface area contributed by atoms with Gasteiger partial charge >= 0.3 is 0 Å².